The van der Waals surface area contributed by atoms with Gasteiger partial charge in [0, 0.05) is 0 Å². The molecule has 3 rings (SSSR count). The Bertz CT molecular complexity index is 444. The second kappa shape index (κ2) is 4.75. The third-order valence-corrected chi connectivity index (χ3v) is 4.53. The van der Waals surface area contributed by atoms with Gasteiger partial charge in [-0.15, -0.1) is 0 Å². The lowest BCUT2D eigenvalue weighted by Crippen LogP contribution is -2.16. The van der Waals surface area contributed by atoms with Crippen molar-refractivity contribution in [2.24, 2.45) is 5.92 Å². The van der Waals surface area contributed by atoms with E-state index >= 15 is 0 Å². The number of carboxylic acids is 1. The van der Waals surface area contributed by atoms with E-state index in [9.17, 15) is 4.79 Å². The van der Waals surface area contributed by atoms with Crippen molar-refractivity contribution in [2.45, 2.75) is 50.4 Å². The fourth-order valence-corrected chi connectivity index (χ4v) is 3.16. The maximum absolute atomic E-state index is 11.1. The minimum atomic E-state index is -0.657. The van der Waals surface area contributed by atoms with Crippen molar-refractivity contribution in [1.29, 1.82) is 0 Å². The van der Waals surface area contributed by atoms with E-state index in [1.807, 2.05) is 0 Å². The molecule has 0 aromatic heterocycles. The predicted molar refractivity (Wildman–Crippen MR) is 70.8 cm³/mol. The molecule has 1 aromatic carbocycles. The van der Waals surface area contributed by atoms with Gasteiger partial charge in [0.25, 0.3) is 0 Å². The summed E-state index contributed by atoms with van der Waals surface area (Å²) in [7, 11) is 0. The van der Waals surface area contributed by atoms with Crippen LogP contribution in [-0.2, 0) is 4.79 Å². The minimum absolute atomic E-state index is 0.249. The first-order valence-corrected chi connectivity index (χ1v) is 7.06. The van der Waals surface area contributed by atoms with Gasteiger partial charge >= 0.3 is 5.97 Å². The van der Waals surface area contributed by atoms with Gasteiger partial charge < -0.3 is 5.11 Å². The van der Waals surface area contributed by atoms with Crippen LogP contribution >= 0.6 is 0 Å². The minimum Gasteiger partial charge on any atom is -0.481 e. The SMILES string of the molecule is O=C(O)CC(c1ccccc1C1CCC1)C1CC1. The first-order chi connectivity index (χ1) is 8.75. The van der Waals surface area contributed by atoms with E-state index in [-0.39, 0.29) is 5.92 Å². The Balaban J connectivity index is 1.90. The highest BCUT2D eigenvalue weighted by Crippen LogP contribution is 2.48. The van der Waals surface area contributed by atoms with E-state index in [4.69, 9.17) is 5.11 Å². The van der Waals surface area contributed by atoms with Gasteiger partial charge in [0.15, 0.2) is 0 Å². The highest BCUT2D eigenvalue weighted by Gasteiger charge is 2.36. The summed E-state index contributed by atoms with van der Waals surface area (Å²) < 4.78 is 0. The molecule has 2 saturated carbocycles. The van der Waals surface area contributed by atoms with Crippen LogP contribution in [0.1, 0.15) is 61.5 Å². The Morgan fingerprint density at radius 1 is 1.22 bits per heavy atom. The summed E-state index contributed by atoms with van der Waals surface area (Å²) in [5, 5.41) is 9.12. The van der Waals surface area contributed by atoms with E-state index < -0.39 is 5.97 Å². The number of hydrogen-bond donors (Lipinski definition) is 1. The molecule has 0 amide bonds. The number of hydrogen-bond acceptors (Lipinski definition) is 1. The van der Waals surface area contributed by atoms with Crippen LogP contribution in [0.4, 0.5) is 0 Å². The van der Waals surface area contributed by atoms with Gasteiger partial charge in [-0.1, -0.05) is 30.7 Å². The van der Waals surface area contributed by atoms with Crippen molar-refractivity contribution in [3.63, 3.8) is 0 Å². The van der Waals surface area contributed by atoms with Crippen molar-refractivity contribution in [2.75, 3.05) is 0 Å². The van der Waals surface area contributed by atoms with E-state index in [2.05, 4.69) is 24.3 Å². The molecule has 2 aliphatic carbocycles. The summed E-state index contributed by atoms with van der Waals surface area (Å²) >= 11 is 0. The molecule has 0 heterocycles. The molecule has 18 heavy (non-hydrogen) atoms. The standard InChI is InChI=1S/C16H20O2/c17-16(18)10-15(12-8-9-12)14-7-2-1-6-13(14)11-4-3-5-11/h1-2,6-7,11-12,15H,3-5,8-10H2,(H,17,18). The van der Waals surface area contributed by atoms with E-state index in [1.54, 1.807) is 0 Å². The molecule has 2 nitrogen and oxygen atoms in total. The fourth-order valence-electron chi connectivity index (χ4n) is 3.16. The zero-order valence-corrected chi connectivity index (χ0v) is 10.6. The quantitative estimate of drug-likeness (QED) is 0.852. The van der Waals surface area contributed by atoms with Crippen molar-refractivity contribution >= 4 is 5.97 Å². The summed E-state index contributed by atoms with van der Waals surface area (Å²) in [5.41, 5.74) is 2.76. The van der Waals surface area contributed by atoms with Crippen LogP contribution in [0.25, 0.3) is 0 Å². The molecular weight excluding hydrogens is 224 g/mol. The topological polar surface area (TPSA) is 37.3 Å². The highest BCUT2D eigenvalue weighted by molar-refractivity contribution is 5.68. The molecule has 0 aliphatic heterocycles. The normalized spacial score (nSPS) is 21.3. The smallest absolute Gasteiger partial charge is 0.303 e. The van der Waals surface area contributed by atoms with E-state index in [1.165, 1.54) is 43.2 Å². The lowest BCUT2D eigenvalue weighted by molar-refractivity contribution is -0.137. The Kier molecular flexibility index (Phi) is 3.11. The van der Waals surface area contributed by atoms with Gasteiger partial charge in [-0.3, -0.25) is 4.79 Å². The number of rotatable bonds is 5. The van der Waals surface area contributed by atoms with Gasteiger partial charge in [0.05, 0.1) is 6.42 Å². The average Bonchev–Trinajstić information content (AvgIpc) is 3.08. The second-order valence-corrected chi connectivity index (χ2v) is 5.80. The zero-order valence-electron chi connectivity index (χ0n) is 10.6. The molecule has 96 valence electrons. The van der Waals surface area contributed by atoms with Gasteiger partial charge in [0.2, 0.25) is 0 Å². The molecule has 0 spiro atoms. The fraction of sp³-hybridized carbons (Fsp3) is 0.562. The van der Waals surface area contributed by atoms with E-state index in [0.717, 1.165) is 0 Å². The van der Waals surface area contributed by atoms with Crippen LogP contribution in [0, 0.1) is 5.92 Å². The van der Waals surface area contributed by atoms with Crippen molar-refractivity contribution in [3.05, 3.63) is 35.4 Å². The van der Waals surface area contributed by atoms with Gasteiger partial charge in [0.1, 0.15) is 0 Å². The van der Waals surface area contributed by atoms with Crippen molar-refractivity contribution < 1.29 is 9.90 Å². The van der Waals surface area contributed by atoms with Crippen LogP contribution in [-0.4, -0.2) is 11.1 Å². The molecule has 1 aromatic rings. The first kappa shape index (κ1) is 11.8. The molecule has 2 aliphatic rings. The molecule has 0 bridgehead atoms. The molecule has 1 unspecified atom stereocenters. The van der Waals surface area contributed by atoms with Crippen molar-refractivity contribution in [3.8, 4) is 0 Å². The third-order valence-electron chi connectivity index (χ3n) is 4.53. The van der Waals surface area contributed by atoms with Crippen molar-refractivity contribution in [1.82, 2.24) is 0 Å². The van der Waals surface area contributed by atoms with Gasteiger partial charge in [-0.25, -0.2) is 0 Å². The maximum Gasteiger partial charge on any atom is 0.303 e. The van der Waals surface area contributed by atoms with Crippen LogP contribution in [0.15, 0.2) is 24.3 Å². The average molecular weight is 244 g/mol. The summed E-state index contributed by atoms with van der Waals surface area (Å²) in [6.45, 7) is 0. The molecular formula is C16H20O2. The number of carboxylic acid groups (broad SMARTS) is 1. The molecule has 1 atom stereocenters. The Labute approximate surface area is 108 Å². The van der Waals surface area contributed by atoms with Gasteiger partial charge in [-0.2, -0.15) is 0 Å². The predicted octanol–water partition coefficient (Wildman–Crippen LogP) is 3.92. The summed E-state index contributed by atoms with van der Waals surface area (Å²) in [6, 6.07) is 8.55. The van der Waals surface area contributed by atoms with Crippen LogP contribution < -0.4 is 0 Å². The maximum atomic E-state index is 11.1. The lowest BCUT2D eigenvalue weighted by Gasteiger charge is -2.30. The molecule has 2 fully saturated rings. The first-order valence-electron chi connectivity index (χ1n) is 7.06. The molecule has 0 radical (unpaired) electrons. The summed E-state index contributed by atoms with van der Waals surface area (Å²) in [6.07, 6.45) is 6.59. The number of aliphatic carboxylic acids is 1. The second-order valence-electron chi connectivity index (χ2n) is 5.80. The van der Waals surface area contributed by atoms with Crippen LogP contribution in [0.3, 0.4) is 0 Å². The summed E-state index contributed by atoms with van der Waals surface area (Å²) in [5.74, 6) is 0.896. The Hall–Kier alpha value is -1.31. The summed E-state index contributed by atoms with van der Waals surface area (Å²) in [4.78, 5) is 11.1. The largest absolute Gasteiger partial charge is 0.481 e. The molecule has 0 saturated heterocycles. The molecule has 1 N–H and O–H groups in total. The van der Waals surface area contributed by atoms with Crippen LogP contribution in [0.2, 0.25) is 0 Å². The third kappa shape index (κ3) is 2.29. The zero-order chi connectivity index (χ0) is 12.5. The Morgan fingerprint density at radius 2 is 1.94 bits per heavy atom. The number of benzene rings is 1. The Morgan fingerprint density at radius 3 is 2.50 bits per heavy atom. The number of carbonyl (C=O) groups is 1. The monoisotopic (exact) mass is 244 g/mol. The molecule has 2 heteroatoms. The van der Waals surface area contributed by atoms with Gasteiger partial charge in [-0.05, 0) is 54.6 Å². The lowest BCUT2D eigenvalue weighted by atomic mass is 9.75. The van der Waals surface area contributed by atoms with E-state index in [0.29, 0.717) is 18.3 Å². The highest BCUT2D eigenvalue weighted by atomic mass is 16.4. The van der Waals surface area contributed by atoms with Crippen LogP contribution in [0.5, 0.6) is 0 Å².